The molecule has 4 N–H and O–H groups in total. The highest BCUT2D eigenvalue weighted by atomic mass is 32.2. The first kappa shape index (κ1) is 36.1. The Morgan fingerprint density at radius 2 is 1.89 bits per heavy atom. The van der Waals surface area contributed by atoms with Gasteiger partial charge in [-0.1, -0.05) is 58.6 Å². The third kappa shape index (κ3) is 8.22. The molecule has 0 aromatic heterocycles. The monoisotopic (exact) mass is 661 g/mol. The zero-order valence-corrected chi connectivity index (χ0v) is 29.0. The third-order valence-corrected chi connectivity index (χ3v) is 12.3. The summed E-state index contributed by atoms with van der Waals surface area (Å²) in [6.07, 6.45) is 6.01. The van der Waals surface area contributed by atoms with Crippen molar-refractivity contribution in [3.63, 3.8) is 0 Å². The molecule has 5 rings (SSSR count). The van der Waals surface area contributed by atoms with Gasteiger partial charge in [-0.05, 0) is 92.7 Å². The second kappa shape index (κ2) is 14.6. The number of benzene rings is 1. The summed E-state index contributed by atoms with van der Waals surface area (Å²) in [6, 6.07) is 6.88. The molecule has 1 saturated heterocycles. The van der Waals surface area contributed by atoms with E-state index in [1.165, 1.54) is 0 Å². The largest absolute Gasteiger partial charge is 0.481 e. The predicted molar refractivity (Wildman–Crippen MR) is 178 cm³/mol. The number of nitrogens with zero attached hydrogens (tertiary/aromatic N) is 2. The number of nitrogens with one attached hydrogen (secondary N) is 2. The lowest BCUT2D eigenvalue weighted by Gasteiger charge is -2.64. The summed E-state index contributed by atoms with van der Waals surface area (Å²) >= 11 is 0. The van der Waals surface area contributed by atoms with Gasteiger partial charge in [-0.2, -0.15) is 0 Å². The van der Waals surface area contributed by atoms with E-state index in [0.717, 1.165) is 37.7 Å². The molecule has 4 fully saturated rings. The van der Waals surface area contributed by atoms with Crippen LogP contribution in [0.3, 0.4) is 0 Å². The van der Waals surface area contributed by atoms with Crippen LogP contribution in [0.25, 0.3) is 0 Å². The fourth-order valence-corrected chi connectivity index (χ4v) is 9.27. The molecular weight excluding hydrogens is 609 g/mol. The smallest absolute Gasteiger partial charge is 0.404 e. The van der Waals surface area contributed by atoms with Crippen molar-refractivity contribution in [1.82, 2.24) is 10.7 Å². The molecule has 46 heavy (non-hydrogen) atoms. The van der Waals surface area contributed by atoms with Gasteiger partial charge < -0.3 is 20.4 Å². The Morgan fingerprint density at radius 3 is 2.50 bits per heavy atom. The molecule has 3 saturated carbocycles. The first-order chi connectivity index (χ1) is 21.6. The Hall–Kier alpha value is -2.71. The van der Waals surface area contributed by atoms with Crippen molar-refractivity contribution in [3.05, 3.63) is 39.9 Å². The van der Waals surface area contributed by atoms with Gasteiger partial charge in [0.05, 0.1) is 34.2 Å². The van der Waals surface area contributed by atoms with Crippen molar-refractivity contribution in [2.45, 2.75) is 115 Å². The molecule has 12 nitrogen and oxygen atoms in total. The molecule has 256 valence electrons. The first-order valence-electron chi connectivity index (χ1n) is 16.7. The molecule has 3 aliphatic carbocycles. The van der Waals surface area contributed by atoms with Gasteiger partial charge in [0.2, 0.25) is 5.91 Å². The first-order valence-corrected chi connectivity index (χ1v) is 18.4. The zero-order chi connectivity index (χ0) is 33.9. The lowest BCUT2D eigenvalue weighted by Crippen LogP contribution is -2.65. The number of guanidine groups is 1. The fourth-order valence-electron chi connectivity index (χ4n) is 7.68. The maximum atomic E-state index is 14.0. The molecule has 4 aliphatic rings. The van der Waals surface area contributed by atoms with E-state index < -0.39 is 51.1 Å². The van der Waals surface area contributed by atoms with E-state index in [2.05, 4.69) is 51.9 Å². The fraction of sp³-hybridized carbons (Fsp3) is 0.750. The number of sulfone groups is 1. The summed E-state index contributed by atoms with van der Waals surface area (Å²) in [6.45, 7) is 13.1. The standard InChI is InChI=1S/C32H52BN5O7S/c1-7-8-10-22-12-14-25(15-13-22)46(42,43)20-23(11-9-16-35-30(34)37-38(40)41)29(39)36-28(17-21(2)3)33-44-27-19-24-18-26(31(24,4)5)32(27,6)45-33/h12-15,21,23-24,26-28H,7-11,16-20H2,1-6H3,(H,36,39)(H3,34,35,37)/t23-,24-,26-,27-,28+,32+/m1/s1. The van der Waals surface area contributed by atoms with Crippen LogP contribution in [0.15, 0.2) is 34.2 Å². The molecule has 0 unspecified atom stereocenters. The topological polar surface area (TPSA) is 175 Å². The van der Waals surface area contributed by atoms with Gasteiger partial charge in [0, 0.05) is 6.54 Å². The summed E-state index contributed by atoms with van der Waals surface area (Å²) < 4.78 is 40.4. The van der Waals surface area contributed by atoms with E-state index in [9.17, 15) is 23.3 Å². The summed E-state index contributed by atoms with van der Waals surface area (Å²) in [4.78, 5) is 28.7. The van der Waals surface area contributed by atoms with E-state index in [-0.39, 0.29) is 41.3 Å². The van der Waals surface area contributed by atoms with E-state index in [0.29, 0.717) is 24.7 Å². The highest BCUT2D eigenvalue weighted by Gasteiger charge is 2.68. The van der Waals surface area contributed by atoms with Crippen molar-refractivity contribution in [2.75, 3.05) is 12.3 Å². The summed E-state index contributed by atoms with van der Waals surface area (Å²) in [5.41, 5.74) is 8.13. The van der Waals surface area contributed by atoms with Gasteiger partial charge >= 0.3 is 7.12 Å². The normalized spacial score (nSPS) is 26.6. The van der Waals surface area contributed by atoms with E-state index >= 15 is 0 Å². The molecule has 2 bridgehead atoms. The zero-order valence-electron chi connectivity index (χ0n) is 28.2. The van der Waals surface area contributed by atoms with Gasteiger partial charge in [0.15, 0.2) is 14.9 Å². The summed E-state index contributed by atoms with van der Waals surface area (Å²) in [7, 11) is -4.45. The SMILES string of the molecule is CCCCc1ccc(S(=O)(=O)C[C@@H](CCCN=C(N)N[N+](=O)[O-])C(=O)N[C@@H](CC(C)C)B2O[C@@H]3C[C@H]4C[C@H](C4(C)C)[C@]3(C)O2)cc1. The Bertz CT molecular complexity index is 1370. The van der Waals surface area contributed by atoms with Crippen molar-refractivity contribution < 1.29 is 27.6 Å². The van der Waals surface area contributed by atoms with Crippen molar-refractivity contribution >= 4 is 28.8 Å². The average Bonchev–Trinajstić information content (AvgIpc) is 3.34. The number of amides is 1. The molecule has 0 spiro atoms. The third-order valence-electron chi connectivity index (χ3n) is 10.4. The minimum absolute atomic E-state index is 0.0478. The number of unbranched alkanes of at least 4 members (excludes halogenated alkanes) is 1. The minimum atomic E-state index is -3.82. The molecule has 1 aliphatic heterocycles. The number of hydrogen-bond donors (Lipinski definition) is 3. The minimum Gasteiger partial charge on any atom is -0.404 e. The van der Waals surface area contributed by atoms with Gasteiger partial charge in [0.1, 0.15) is 0 Å². The lowest BCUT2D eigenvalue weighted by atomic mass is 9.43. The van der Waals surface area contributed by atoms with E-state index in [1.54, 1.807) is 17.6 Å². The van der Waals surface area contributed by atoms with Crippen LogP contribution < -0.4 is 16.5 Å². The molecule has 1 amide bonds. The number of hydrogen-bond acceptors (Lipinski definition) is 8. The Balaban J connectivity index is 1.51. The Kier molecular flexibility index (Phi) is 11.5. The number of hydrazine groups is 1. The Labute approximate surface area is 274 Å². The number of aryl methyl sites for hydroxylation is 1. The van der Waals surface area contributed by atoms with E-state index in [4.69, 9.17) is 15.0 Å². The number of nitro groups is 1. The van der Waals surface area contributed by atoms with E-state index in [1.807, 2.05) is 12.1 Å². The quantitative estimate of drug-likeness (QED) is 0.0588. The molecule has 0 radical (unpaired) electrons. The summed E-state index contributed by atoms with van der Waals surface area (Å²) in [5.74, 6) is -1.33. The van der Waals surface area contributed by atoms with Crippen molar-refractivity contribution in [1.29, 1.82) is 0 Å². The molecule has 1 heterocycles. The lowest BCUT2D eigenvalue weighted by molar-refractivity contribution is -0.525. The van der Waals surface area contributed by atoms with Crippen molar-refractivity contribution in [3.8, 4) is 0 Å². The highest BCUT2D eigenvalue weighted by molar-refractivity contribution is 7.91. The maximum absolute atomic E-state index is 14.0. The average molecular weight is 662 g/mol. The van der Waals surface area contributed by atoms with Crippen LogP contribution in [0.5, 0.6) is 0 Å². The second-order valence-corrected chi connectivity index (χ2v) is 16.6. The number of carbonyl (C=O) groups is 1. The highest BCUT2D eigenvalue weighted by Crippen LogP contribution is 2.65. The van der Waals surface area contributed by atoms with Crippen LogP contribution in [0.4, 0.5) is 0 Å². The summed E-state index contributed by atoms with van der Waals surface area (Å²) in [5, 5.41) is 13.0. The van der Waals surface area contributed by atoms with Gasteiger partial charge in [-0.3, -0.25) is 4.79 Å². The van der Waals surface area contributed by atoms with Crippen LogP contribution in [0.1, 0.15) is 92.1 Å². The number of carbonyl (C=O) groups excluding carboxylic acids is 1. The maximum Gasteiger partial charge on any atom is 0.481 e. The molecule has 14 heteroatoms. The number of rotatable bonds is 16. The van der Waals surface area contributed by atoms with Crippen LogP contribution in [-0.2, 0) is 30.4 Å². The second-order valence-electron chi connectivity index (χ2n) is 14.6. The number of aliphatic imine (C=N–C) groups is 1. The van der Waals surface area contributed by atoms with Crippen LogP contribution in [0.2, 0.25) is 0 Å². The van der Waals surface area contributed by atoms with Gasteiger partial charge in [-0.15, -0.1) is 0 Å². The predicted octanol–water partition coefficient (Wildman–Crippen LogP) is 4.09. The van der Waals surface area contributed by atoms with Crippen molar-refractivity contribution in [2.24, 2.45) is 39.8 Å². The van der Waals surface area contributed by atoms with Gasteiger partial charge in [-0.25, -0.2) is 23.5 Å². The van der Waals surface area contributed by atoms with Crippen LogP contribution in [-0.4, -0.2) is 62.4 Å². The van der Waals surface area contributed by atoms with Crippen LogP contribution in [0, 0.1) is 39.2 Å². The molecular formula is C32H52BN5O7S. The molecule has 1 aromatic rings. The van der Waals surface area contributed by atoms with Crippen LogP contribution >= 0.6 is 0 Å². The Morgan fingerprint density at radius 1 is 1.20 bits per heavy atom. The molecule has 1 aromatic carbocycles. The number of nitrogens with two attached hydrogens (primary N) is 1. The van der Waals surface area contributed by atoms with Gasteiger partial charge in [0.25, 0.3) is 5.96 Å². The molecule has 6 atom stereocenters.